The minimum Gasteiger partial charge on any atom is -0.497 e. The molecule has 1 aliphatic rings. The zero-order chi connectivity index (χ0) is 15.4. The van der Waals surface area contributed by atoms with Crippen LogP contribution < -0.4 is 4.74 Å². The van der Waals surface area contributed by atoms with Crippen LogP contribution in [-0.2, 0) is 0 Å². The molecule has 1 atom stereocenters. The first-order valence-corrected chi connectivity index (χ1v) is 7.74. The number of nitrogens with one attached hydrogen (secondary N) is 1. The summed E-state index contributed by atoms with van der Waals surface area (Å²) >= 11 is 0. The van der Waals surface area contributed by atoms with E-state index >= 15 is 0 Å². The molecule has 2 aromatic rings. The molecule has 0 radical (unpaired) electrons. The van der Waals surface area contributed by atoms with E-state index in [1.807, 2.05) is 17.0 Å². The SMILES string of the molecule is COc1ccc([C@H]2CCCCCN2C(=O)c2ccn[nH]2)cc1. The van der Waals surface area contributed by atoms with E-state index in [1.165, 1.54) is 6.42 Å². The van der Waals surface area contributed by atoms with Gasteiger partial charge in [-0.25, -0.2) is 0 Å². The van der Waals surface area contributed by atoms with Crippen LogP contribution in [0.25, 0.3) is 0 Å². The van der Waals surface area contributed by atoms with Crippen molar-refractivity contribution in [2.45, 2.75) is 31.7 Å². The number of methoxy groups -OCH3 is 1. The van der Waals surface area contributed by atoms with Gasteiger partial charge in [0.2, 0.25) is 0 Å². The molecule has 22 heavy (non-hydrogen) atoms. The number of ether oxygens (including phenoxy) is 1. The third kappa shape index (κ3) is 2.98. The predicted molar refractivity (Wildman–Crippen MR) is 83.8 cm³/mol. The maximum absolute atomic E-state index is 12.8. The minimum absolute atomic E-state index is 0.0280. The molecule has 1 saturated heterocycles. The topological polar surface area (TPSA) is 58.2 Å². The van der Waals surface area contributed by atoms with E-state index in [0.717, 1.165) is 37.1 Å². The molecule has 0 spiro atoms. The average molecular weight is 299 g/mol. The summed E-state index contributed by atoms with van der Waals surface area (Å²) in [5.41, 5.74) is 1.72. The van der Waals surface area contributed by atoms with Crippen molar-refractivity contribution in [2.75, 3.05) is 13.7 Å². The molecule has 0 saturated carbocycles. The van der Waals surface area contributed by atoms with E-state index in [9.17, 15) is 4.79 Å². The van der Waals surface area contributed by atoms with Gasteiger partial charge in [0.05, 0.1) is 13.2 Å². The third-order valence-corrected chi connectivity index (χ3v) is 4.25. The third-order valence-electron chi connectivity index (χ3n) is 4.25. The second-order valence-corrected chi connectivity index (χ2v) is 5.61. The maximum atomic E-state index is 12.8. The van der Waals surface area contributed by atoms with Crippen molar-refractivity contribution < 1.29 is 9.53 Å². The summed E-state index contributed by atoms with van der Waals surface area (Å²) < 4.78 is 5.22. The average Bonchev–Trinajstić information content (AvgIpc) is 2.99. The van der Waals surface area contributed by atoms with Crippen molar-refractivity contribution in [3.63, 3.8) is 0 Å². The second kappa shape index (κ2) is 6.64. The Morgan fingerprint density at radius 1 is 1.23 bits per heavy atom. The molecule has 1 aliphatic heterocycles. The van der Waals surface area contributed by atoms with Gasteiger partial charge in [0.1, 0.15) is 11.4 Å². The molecule has 5 heteroatoms. The molecule has 3 rings (SSSR count). The van der Waals surface area contributed by atoms with Gasteiger partial charge in [-0.3, -0.25) is 9.89 Å². The van der Waals surface area contributed by atoms with E-state index < -0.39 is 0 Å². The Morgan fingerprint density at radius 2 is 2.05 bits per heavy atom. The number of carbonyl (C=O) groups is 1. The molecule has 0 unspecified atom stereocenters. The summed E-state index contributed by atoms with van der Waals surface area (Å²) in [6, 6.07) is 9.88. The number of hydrogen-bond acceptors (Lipinski definition) is 3. The molecule has 1 amide bonds. The number of amides is 1. The molecular formula is C17H21N3O2. The molecule has 1 aromatic heterocycles. The van der Waals surface area contributed by atoms with Gasteiger partial charge in [-0.1, -0.05) is 25.0 Å². The van der Waals surface area contributed by atoms with E-state index in [-0.39, 0.29) is 11.9 Å². The molecule has 1 fully saturated rings. The molecule has 0 aliphatic carbocycles. The Labute approximate surface area is 130 Å². The zero-order valence-corrected chi connectivity index (χ0v) is 12.8. The van der Waals surface area contributed by atoms with Crippen LogP contribution in [0.4, 0.5) is 0 Å². The Hall–Kier alpha value is -2.30. The fourth-order valence-corrected chi connectivity index (χ4v) is 3.05. The van der Waals surface area contributed by atoms with Gasteiger partial charge >= 0.3 is 0 Å². The number of rotatable bonds is 3. The largest absolute Gasteiger partial charge is 0.497 e. The van der Waals surface area contributed by atoms with Crippen molar-refractivity contribution in [3.8, 4) is 5.75 Å². The minimum atomic E-state index is 0.0280. The highest BCUT2D eigenvalue weighted by Gasteiger charge is 2.28. The summed E-state index contributed by atoms with van der Waals surface area (Å²) in [5.74, 6) is 0.865. The monoisotopic (exact) mass is 299 g/mol. The van der Waals surface area contributed by atoms with Gasteiger partial charge in [-0.05, 0) is 36.6 Å². The van der Waals surface area contributed by atoms with Crippen molar-refractivity contribution >= 4 is 5.91 Å². The fourth-order valence-electron chi connectivity index (χ4n) is 3.05. The molecule has 0 bridgehead atoms. The number of aromatic amines is 1. The highest BCUT2D eigenvalue weighted by molar-refractivity contribution is 5.92. The number of hydrogen-bond donors (Lipinski definition) is 1. The smallest absolute Gasteiger partial charge is 0.272 e. The number of H-pyrrole nitrogens is 1. The van der Waals surface area contributed by atoms with Gasteiger partial charge < -0.3 is 9.64 Å². The lowest BCUT2D eigenvalue weighted by Gasteiger charge is -2.30. The van der Waals surface area contributed by atoms with Crippen molar-refractivity contribution in [2.24, 2.45) is 0 Å². The normalized spacial score (nSPS) is 18.8. The first-order chi connectivity index (χ1) is 10.8. The lowest BCUT2D eigenvalue weighted by molar-refractivity contribution is 0.0675. The Bertz CT molecular complexity index is 607. The van der Waals surface area contributed by atoms with Gasteiger partial charge in [0, 0.05) is 12.7 Å². The van der Waals surface area contributed by atoms with Crippen LogP contribution in [0.15, 0.2) is 36.5 Å². The molecule has 1 N–H and O–H groups in total. The van der Waals surface area contributed by atoms with Crippen LogP contribution >= 0.6 is 0 Å². The van der Waals surface area contributed by atoms with Crippen LogP contribution in [0.2, 0.25) is 0 Å². The number of carbonyl (C=O) groups excluding carboxylic acids is 1. The summed E-state index contributed by atoms with van der Waals surface area (Å²) in [4.78, 5) is 14.7. The summed E-state index contributed by atoms with van der Waals surface area (Å²) in [5, 5.41) is 6.68. The standard InChI is InChI=1S/C17H21N3O2/c1-22-14-8-6-13(7-9-14)16-5-3-2-4-12-20(16)17(21)15-10-11-18-19-15/h6-11,16H,2-5,12H2,1H3,(H,18,19)/t16-/m1/s1. The fraction of sp³-hybridized carbons (Fsp3) is 0.412. The number of benzene rings is 1. The van der Waals surface area contributed by atoms with Crippen LogP contribution in [0.3, 0.4) is 0 Å². The van der Waals surface area contributed by atoms with E-state index in [2.05, 4.69) is 22.3 Å². The molecule has 5 nitrogen and oxygen atoms in total. The summed E-state index contributed by atoms with van der Waals surface area (Å²) in [6.45, 7) is 0.786. The highest BCUT2D eigenvalue weighted by Crippen LogP contribution is 2.32. The quantitative estimate of drug-likeness (QED) is 0.947. The van der Waals surface area contributed by atoms with Gasteiger partial charge in [-0.15, -0.1) is 0 Å². The maximum Gasteiger partial charge on any atom is 0.272 e. The van der Waals surface area contributed by atoms with Crippen LogP contribution in [0, 0.1) is 0 Å². The summed E-state index contributed by atoms with van der Waals surface area (Å²) in [7, 11) is 1.66. The van der Waals surface area contributed by atoms with E-state index in [1.54, 1.807) is 19.4 Å². The van der Waals surface area contributed by atoms with Gasteiger partial charge in [-0.2, -0.15) is 5.10 Å². The Morgan fingerprint density at radius 3 is 2.73 bits per heavy atom. The second-order valence-electron chi connectivity index (χ2n) is 5.61. The lowest BCUT2D eigenvalue weighted by Crippen LogP contribution is -2.35. The molecular weight excluding hydrogens is 278 g/mol. The van der Waals surface area contributed by atoms with Crippen LogP contribution in [0.5, 0.6) is 5.75 Å². The Kier molecular flexibility index (Phi) is 4.42. The molecule has 1 aromatic carbocycles. The highest BCUT2D eigenvalue weighted by atomic mass is 16.5. The van der Waals surface area contributed by atoms with Gasteiger partial charge in [0.25, 0.3) is 5.91 Å². The Balaban J connectivity index is 1.88. The zero-order valence-electron chi connectivity index (χ0n) is 12.8. The predicted octanol–water partition coefficient (Wildman–Crippen LogP) is 3.18. The van der Waals surface area contributed by atoms with Crippen LogP contribution in [-0.4, -0.2) is 34.7 Å². The first-order valence-electron chi connectivity index (χ1n) is 7.74. The van der Waals surface area contributed by atoms with E-state index in [0.29, 0.717) is 5.69 Å². The molecule has 2 heterocycles. The van der Waals surface area contributed by atoms with Crippen molar-refractivity contribution in [1.29, 1.82) is 0 Å². The van der Waals surface area contributed by atoms with Gasteiger partial charge in [0.15, 0.2) is 0 Å². The number of aromatic nitrogens is 2. The summed E-state index contributed by atoms with van der Waals surface area (Å²) in [6.07, 6.45) is 5.97. The van der Waals surface area contributed by atoms with Crippen molar-refractivity contribution in [3.05, 3.63) is 47.8 Å². The number of likely N-dealkylation sites (tertiary alicyclic amines) is 1. The lowest BCUT2D eigenvalue weighted by atomic mass is 10.0. The number of nitrogens with zero attached hydrogens (tertiary/aromatic N) is 2. The van der Waals surface area contributed by atoms with Crippen molar-refractivity contribution in [1.82, 2.24) is 15.1 Å². The van der Waals surface area contributed by atoms with E-state index in [4.69, 9.17) is 4.74 Å². The first kappa shape index (κ1) is 14.6. The molecule has 116 valence electrons. The van der Waals surface area contributed by atoms with Crippen LogP contribution in [0.1, 0.15) is 47.8 Å².